The Morgan fingerprint density at radius 1 is 1.10 bits per heavy atom. The number of likely N-dealkylation sites (N-methyl/N-ethyl adjacent to an activating group) is 1. The SMILES string of the molecule is CN1[C@H](CCC(C)(F)F)CN(c2ccc(F)cc2)c2cc(C(F)(F)F)c(OC[C@](C)(O)C(=O)O)cc2S1(=O)=O. The van der Waals surface area contributed by atoms with E-state index in [-0.39, 0.29) is 18.7 Å². The lowest BCUT2D eigenvalue weighted by molar-refractivity contribution is -0.159. The summed E-state index contributed by atoms with van der Waals surface area (Å²) in [5.74, 6) is -6.70. The molecule has 0 saturated carbocycles. The summed E-state index contributed by atoms with van der Waals surface area (Å²) in [6.45, 7) is -0.0808. The molecule has 0 aliphatic carbocycles. The van der Waals surface area contributed by atoms with Gasteiger partial charge in [0.1, 0.15) is 23.1 Å². The number of halogens is 6. The molecule has 0 spiro atoms. The average molecular weight is 585 g/mol. The molecule has 39 heavy (non-hydrogen) atoms. The van der Waals surface area contributed by atoms with Gasteiger partial charge in [-0.2, -0.15) is 17.5 Å². The van der Waals surface area contributed by atoms with Crippen LogP contribution in [0.2, 0.25) is 0 Å². The molecule has 216 valence electrons. The first-order chi connectivity index (χ1) is 17.7. The molecule has 2 aromatic rings. The first kappa shape index (κ1) is 30.5. The number of carbonyl (C=O) groups is 1. The molecule has 1 aliphatic rings. The fraction of sp³-hybridized carbons (Fsp3) is 0.458. The summed E-state index contributed by atoms with van der Waals surface area (Å²) < 4.78 is 116. The number of nitrogens with zero attached hydrogens (tertiary/aromatic N) is 2. The van der Waals surface area contributed by atoms with E-state index in [4.69, 9.17) is 9.84 Å². The summed E-state index contributed by atoms with van der Waals surface area (Å²) >= 11 is 0. The van der Waals surface area contributed by atoms with Gasteiger partial charge in [0.2, 0.25) is 15.9 Å². The van der Waals surface area contributed by atoms with Gasteiger partial charge in [0, 0.05) is 37.8 Å². The van der Waals surface area contributed by atoms with Crippen LogP contribution in [0.5, 0.6) is 5.75 Å². The fourth-order valence-corrected chi connectivity index (χ4v) is 5.49. The molecule has 2 atom stereocenters. The number of hydrogen-bond donors (Lipinski definition) is 2. The Hall–Kier alpha value is -3.04. The van der Waals surface area contributed by atoms with Gasteiger partial charge in [-0.25, -0.2) is 26.4 Å². The standard InChI is InChI=1S/C24H26F6N2O6S/c1-22(35,21(33)34)13-38-19-11-20-18(10-17(19)24(28,29)30)32(15-6-4-14(25)5-7-15)12-16(8-9-23(2,26)27)31(3)39(20,36)37/h4-7,10-11,16,35H,8-9,12-13H2,1-3H3,(H,33,34)/t16-,22+/m1/s1. The van der Waals surface area contributed by atoms with Crippen molar-refractivity contribution >= 4 is 27.4 Å². The van der Waals surface area contributed by atoms with Crippen molar-refractivity contribution in [3.8, 4) is 5.75 Å². The van der Waals surface area contributed by atoms with Gasteiger partial charge < -0.3 is 19.8 Å². The van der Waals surface area contributed by atoms with Crippen LogP contribution in [0.1, 0.15) is 32.3 Å². The highest BCUT2D eigenvalue weighted by atomic mass is 32.2. The van der Waals surface area contributed by atoms with Crippen molar-refractivity contribution < 1.29 is 54.5 Å². The number of alkyl halides is 5. The molecule has 3 rings (SSSR count). The molecule has 8 nitrogen and oxygen atoms in total. The van der Waals surface area contributed by atoms with Gasteiger partial charge in [0.05, 0.1) is 11.3 Å². The predicted molar refractivity (Wildman–Crippen MR) is 127 cm³/mol. The molecular weight excluding hydrogens is 558 g/mol. The van der Waals surface area contributed by atoms with Crippen LogP contribution < -0.4 is 9.64 Å². The Morgan fingerprint density at radius 2 is 1.69 bits per heavy atom. The molecule has 1 aliphatic heterocycles. The van der Waals surface area contributed by atoms with E-state index in [1.807, 2.05) is 0 Å². The smallest absolute Gasteiger partial charge is 0.420 e. The summed E-state index contributed by atoms with van der Waals surface area (Å²) in [4.78, 5) is 11.7. The van der Waals surface area contributed by atoms with Gasteiger partial charge in [-0.1, -0.05) is 0 Å². The van der Waals surface area contributed by atoms with Crippen molar-refractivity contribution in [1.29, 1.82) is 0 Å². The van der Waals surface area contributed by atoms with E-state index in [0.29, 0.717) is 19.1 Å². The van der Waals surface area contributed by atoms with Gasteiger partial charge in [0.15, 0.2) is 5.60 Å². The number of hydrogen-bond acceptors (Lipinski definition) is 6. The lowest BCUT2D eigenvalue weighted by Gasteiger charge is -2.30. The highest BCUT2D eigenvalue weighted by Gasteiger charge is 2.43. The lowest BCUT2D eigenvalue weighted by atomic mass is 10.1. The largest absolute Gasteiger partial charge is 0.489 e. The van der Waals surface area contributed by atoms with E-state index in [9.17, 15) is 44.7 Å². The van der Waals surface area contributed by atoms with Gasteiger partial charge >= 0.3 is 12.1 Å². The number of rotatable bonds is 8. The van der Waals surface area contributed by atoms with Crippen LogP contribution in [0.15, 0.2) is 41.3 Å². The predicted octanol–water partition coefficient (Wildman–Crippen LogP) is 4.64. The average Bonchev–Trinajstić information content (AvgIpc) is 2.88. The first-order valence-electron chi connectivity index (χ1n) is 11.5. The Kier molecular flexibility index (Phi) is 8.21. The Morgan fingerprint density at radius 3 is 2.21 bits per heavy atom. The van der Waals surface area contributed by atoms with Crippen molar-refractivity contribution in [2.24, 2.45) is 0 Å². The quantitative estimate of drug-likeness (QED) is 0.436. The minimum absolute atomic E-state index is 0.0898. The van der Waals surface area contributed by atoms with E-state index < -0.39 is 80.5 Å². The van der Waals surface area contributed by atoms with Crippen LogP contribution in [-0.2, 0) is 21.0 Å². The zero-order valence-corrected chi connectivity index (χ0v) is 21.8. The fourth-order valence-electron chi connectivity index (χ4n) is 3.92. The molecule has 2 aromatic carbocycles. The zero-order chi connectivity index (χ0) is 29.6. The maximum absolute atomic E-state index is 14.1. The Balaban J connectivity index is 2.26. The van der Waals surface area contributed by atoms with Crippen LogP contribution in [0.4, 0.5) is 37.7 Å². The second-order valence-electron chi connectivity index (χ2n) is 9.55. The molecule has 0 aromatic heterocycles. The number of sulfonamides is 1. The van der Waals surface area contributed by atoms with E-state index >= 15 is 0 Å². The second-order valence-corrected chi connectivity index (χ2v) is 11.5. The minimum atomic E-state index is -5.13. The van der Waals surface area contributed by atoms with Gasteiger partial charge in [-0.3, -0.25) is 0 Å². The van der Waals surface area contributed by atoms with Crippen LogP contribution in [0, 0.1) is 5.82 Å². The monoisotopic (exact) mass is 584 g/mol. The summed E-state index contributed by atoms with van der Waals surface area (Å²) in [5.41, 5.74) is -4.48. The summed E-state index contributed by atoms with van der Waals surface area (Å²) in [7, 11) is -3.54. The molecule has 0 amide bonds. The highest BCUT2D eigenvalue weighted by Crippen LogP contribution is 2.46. The van der Waals surface area contributed by atoms with Crippen LogP contribution in [0.3, 0.4) is 0 Å². The first-order valence-corrected chi connectivity index (χ1v) is 12.9. The third-order valence-corrected chi connectivity index (χ3v) is 8.19. The van der Waals surface area contributed by atoms with E-state index in [2.05, 4.69) is 0 Å². The van der Waals surface area contributed by atoms with Crippen LogP contribution >= 0.6 is 0 Å². The molecule has 2 N–H and O–H groups in total. The lowest BCUT2D eigenvalue weighted by Crippen LogP contribution is -2.41. The van der Waals surface area contributed by atoms with Crippen molar-refractivity contribution in [2.75, 3.05) is 25.1 Å². The van der Waals surface area contributed by atoms with Crippen molar-refractivity contribution in [3.63, 3.8) is 0 Å². The highest BCUT2D eigenvalue weighted by molar-refractivity contribution is 7.89. The number of ether oxygens (including phenoxy) is 1. The molecule has 0 bridgehead atoms. The number of carboxylic acid groups (broad SMARTS) is 1. The maximum Gasteiger partial charge on any atom is 0.420 e. The molecule has 0 fully saturated rings. The maximum atomic E-state index is 14.1. The summed E-state index contributed by atoms with van der Waals surface area (Å²) in [5, 5.41) is 19.0. The number of aliphatic hydroxyl groups is 1. The van der Waals surface area contributed by atoms with Crippen molar-refractivity contribution in [1.82, 2.24) is 4.31 Å². The normalized spacial score (nSPS) is 19.6. The number of benzene rings is 2. The Labute approximate surface area is 220 Å². The van der Waals surface area contributed by atoms with Gasteiger partial charge in [0.25, 0.3) is 0 Å². The van der Waals surface area contributed by atoms with Crippen molar-refractivity contribution in [3.05, 3.63) is 47.8 Å². The Bertz CT molecular complexity index is 1330. The summed E-state index contributed by atoms with van der Waals surface area (Å²) in [6, 6.07) is 4.30. The third kappa shape index (κ3) is 6.76. The zero-order valence-electron chi connectivity index (χ0n) is 21.0. The number of fused-ring (bicyclic) bond motifs is 1. The van der Waals surface area contributed by atoms with Crippen LogP contribution in [0.25, 0.3) is 0 Å². The van der Waals surface area contributed by atoms with E-state index in [1.165, 1.54) is 12.1 Å². The van der Waals surface area contributed by atoms with E-state index in [0.717, 1.165) is 35.3 Å². The number of carboxylic acids is 1. The second kappa shape index (κ2) is 10.5. The number of anilines is 2. The van der Waals surface area contributed by atoms with Crippen molar-refractivity contribution in [2.45, 2.75) is 55.3 Å². The molecule has 15 heteroatoms. The molecule has 0 radical (unpaired) electrons. The molecule has 0 unspecified atom stereocenters. The molecule has 0 saturated heterocycles. The number of aliphatic carboxylic acids is 1. The minimum Gasteiger partial charge on any atom is -0.489 e. The molecular formula is C24H26F6N2O6S. The van der Waals surface area contributed by atoms with Crippen LogP contribution in [-0.4, -0.2) is 66.7 Å². The van der Waals surface area contributed by atoms with E-state index in [1.54, 1.807) is 0 Å². The topological polar surface area (TPSA) is 107 Å². The summed E-state index contributed by atoms with van der Waals surface area (Å²) in [6.07, 6.45) is -6.21. The molecule has 1 heterocycles. The van der Waals surface area contributed by atoms with Gasteiger partial charge in [-0.05, 0) is 50.6 Å². The third-order valence-electron chi connectivity index (χ3n) is 6.25. The van der Waals surface area contributed by atoms with Gasteiger partial charge in [-0.15, -0.1) is 0 Å².